The molecule has 1 aliphatic heterocycles. The first kappa shape index (κ1) is 12.2. The van der Waals surface area contributed by atoms with Crippen LogP contribution in [0.5, 0.6) is 0 Å². The van der Waals surface area contributed by atoms with Gasteiger partial charge in [0, 0.05) is 29.4 Å². The van der Waals surface area contributed by atoms with E-state index in [4.69, 9.17) is 0 Å². The summed E-state index contributed by atoms with van der Waals surface area (Å²) in [6.45, 7) is 3.10. The molecular weight excluding hydrogens is 289 g/mol. The molecule has 1 aliphatic rings. The maximum absolute atomic E-state index is 13.9. The van der Waals surface area contributed by atoms with E-state index in [1.54, 1.807) is 12.1 Å². The largest absolute Gasteiger partial charge is 0.365 e. The summed E-state index contributed by atoms with van der Waals surface area (Å²) in [5.41, 5.74) is 1.82. The van der Waals surface area contributed by atoms with Gasteiger partial charge in [-0.05, 0) is 18.6 Å². The Morgan fingerprint density at radius 3 is 3.06 bits per heavy atom. The monoisotopic (exact) mass is 303 g/mol. The quantitative estimate of drug-likeness (QED) is 0.767. The molecule has 0 saturated carbocycles. The molecule has 16 heavy (non-hydrogen) atoms. The molecule has 0 N–H and O–H groups in total. The average molecular weight is 304 g/mol. The van der Waals surface area contributed by atoms with Gasteiger partial charge in [-0.3, -0.25) is 0 Å². The van der Waals surface area contributed by atoms with Crippen molar-refractivity contribution in [1.29, 1.82) is 0 Å². The minimum atomic E-state index is -0.101. The van der Waals surface area contributed by atoms with Crippen molar-refractivity contribution >= 4 is 33.4 Å². The Morgan fingerprint density at radius 2 is 2.38 bits per heavy atom. The maximum atomic E-state index is 13.9. The summed E-state index contributed by atoms with van der Waals surface area (Å²) in [6, 6.07) is 5.73. The molecule has 0 radical (unpaired) electrons. The molecular formula is C12H15BrFNS. The SMILES string of the molecule is CC1CSCCN1c1c(F)cccc1CBr. The maximum Gasteiger partial charge on any atom is 0.146 e. The fourth-order valence-corrected chi connectivity index (χ4v) is 3.51. The Balaban J connectivity index is 2.37. The van der Waals surface area contributed by atoms with Crippen LogP contribution in [0.2, 0.25) is 0 Å². The lowest BCUT2D eigenvalue weighted by Gasteiger charge is -2.36. The minimum Gasteiger partial charge on any atom is -0.365 e. The van der Waals surface area contributed by atoms with Crippen molar-refractivity contribution in [3.63, 3.8) is 0 Å². The van der Waals surface area contributed by atoms with Crippen molar-refractivity contribution in [1.82, 2.24) is 0 Å². The van der Waals surface area contributed by atoms with E-state index < -0.39 is 0 Å². The first-order valence-corrected chi connectivity index (χ1v) is 7.69. The highest BCUT2D eigenvalue weighted by molar-refractivity contribution is 9.08. The van der Waals surface area contributed by atoms with E-state index in [2.05, 4.69) is 27.8 Å². The van der Waals surface area contributed by atoms with Gasteiger partial charge in [-0.15, -0.1) is 0 Å². The van der Waals surface area contributed by atoms with Crippen molar-refractivity contribution in [3.8, 4) is 0 Å². The van der Waals surface area contributed by atoms with Crippen LogP contribution in [0.25, 0.3) is 0 Å². The van der Waals surface area contributed by atoms with Gasteiger partial charge in [-0.2, -0.15) is 11.8 Å². The Kier molecular flexibility index (Phi) is 4.14. The number of anilines is 1. The number of hydrogen-bond donors (Lipinski definition) is 0. The van der Waals surface area contributed by atoms with Crippen LogP contribution in [0.15, 0.2) is 18.2 Å². The van der Waals surface area contributed by atoms with Crippen molar-refractivity contribution in [2.24, 2.45) is 0 Å². The van der Waals surface area contributed by atoms with E-state index in [0.29, 0.717) is 11.4 Å². The molecule has 1 aromatic rings. The average Bonchev–Trinajstić information content (AvgIpc) is 2.30. The third-order valence-electron chi connectivity index (χ3n) is 2.87. The second-order valence-electron chi connectivity index (χ2n) is 4.00. The van der Waals surface area contributed by atoms with Crippen LogP contribution in [0, 0.1) is 5.82 Å². The minimum absolute atomic E-state index is 0.101. The molecule has 4 heteroatoms. The summed E-state index contributed by atoms with van der Waals surface area (Å²) in [6.07, 6.45) is 0. The number of halogens is 2. The van der Waals surface area contributed by atoms with Crippen LogP contribution < -0.4 is 4.90 Å². The van der Waals surface area contributed by atoms with Gasteiger partial charge in [0.25, 0.3) is 0 Å². The molecule has 0 spiro atoms. The van der Waals surface area contributed by atoms with Gasteiger partial charge in [0.15, 0.2) is 0 Å². The number of benzene rings is 1. The number of para-hydroxylation sites is 1. The summed E-state index contributed by atoms with van der Waals surface area (Å²) in [4.78, 5) is 2.20. The van der Waals surface area contributed by atoms with Crippen molar-refractivity contribution in [2.75, 3.05) is 23.0 Å². The van der Waals surface area contributed by atoms with Gasteiger partial charge in [0.05, 0.1) is 5.69 Å². The zero-order valence-electron chi connectivity index (χ0n) is 9.25. The van der Waals surface area contributed by atoms with Gasteiger partial charge in [0.2, 0.25) is 0 Å². The van der Waals surface area contributed by atoms with E-state index in [-0.39, 0.29) is 5.82 Å². The molecule has 1 fully saturated rings. The van der Waals surface area contributed by atoms with E-state index in [9.17, 15) is 4.39 Å². The zero-order valence-corrected chi connectivity index (χ0v) is 11.7. The van der Waals surface area contributed by atoms with Crippen LogP contribution in [-0.4, -0.2) is 24.1 Å². The third-order valence-corrected chi connectivity index (χ3v) is 4.66. The van der Waals surface area contributed by atoms with Crippen molar-refractivity contribution in [2.45, 2.75) is 18.3 Å². The summed E-state index contributed by atoms with van der Waals surface area (Å²) >= 11 is 5.38. The van der Waals surface area contributed by atoms with Gasteiger partial charge in [-0.25, -0.2) is 4.39 Å². The lowest BCUT2D eigenvalue weighted by molar-refractivity contribution is 0.602. The van der Waals surface area contributed by atoms with Crippen LogP contribution in [0.4, 0.5) is 10.1 Å². The summed E-state index contributed by atoms with van der Waals surface area (Å²) in [5.74, 6) is 2.06. The number of alkyl halides is 1. The number of thioether (sulfide) groups is 1. The van der Waals surface area contributed by atoms with Crippen LogP contribution in [0.3, 0.4) is 0 Å². The predicted molar refractivity (Wildman–Crippen MR) is 73.2 cm³/mol. The Hall–Kier alpha value is -0.220. The molecule has 1 unspecified atom stereocenters. The highest BCUT2D eigenvalue weighted by Crippen LogP contribution is 2.31. The first-order valence-electron chi connectivity index (χ1n) is 5.41. The van der Waals surface area contributed by atoms with Crippen molar-refractivity contribution in [3.05, 3.63) is 29.6 Å². The molecule has 1 aromatic carbocycles. The Bertz CT molecular complexity index is 372. The molecule has 0 aliphatic carbocycles. The number of hydrogen-bond acceptors (Lipinski definition) is 2. The summed E-state index contributed by atoms with van der Waals surface area (Å²) in [7, 11) is 0. The molecule has 0 bridgehead atoms. The molecule has 1 atom stereocenters. The zero-order chi connectivity index (χ0) is 11.5. The fraction of sp³-hybridized carbons (Fsp3) is 0.500. The highest BCUT2D eigenvalue weighted by Gasteiger charge is 2.23. The topological polar surface area (TPSA) is 3.24 Å². The molecule has 2 rings (SSSR count). The van der Waals surface area contributed by atoms with Crippen LogP contribution in [0.1, 0.15) is 12.5 Å². The third kappa shape index (κ3) is 2.38. The van der Waals surface area contributed by atoms with E-state index in [1.165, 1.54) is 0 Å². The molecule has 1 nitrogen and oxygen atoms in total. The van der Waals surface area contributed by atoms with E-state index in [0.717, 1.165) is 29.3 Å². The van der Waals surface area contributed by atoms with Crippen molar-refractivity contribution < 1.29 is 4.39 Å². The van der Waals surface area contributed by atoms with Gasteiger partial charge < -0.3 is 4.90 Å². The fourth-order valence-electron chi connectivity index (χ4n) is 2.05. The molecule has 0 amide bonds. The Labute approximate surface area is 109 Å². The molecule has 0 aromatic heterocycles. The molecule has 1 saturated heterocycles. The standard InChI is InChI=1S/C12H15BrFNS/c1-9-8-16-6-5-15(9)12-10(7-13)3-2-4-11(12)14/h2-4,9H,5-8H2,1H3. The number of nitrogens with zero attached hydrogens (tertiary/aromatic N) is 1. The molecule has 1 heterocycles. The van der Waals surface area contributed by atoms with E-state index in [1.807, 2.05) is 17.8 Å². The predicted octanol–water partition coefficient (Wildman–Crippen LogP) is 3.66. The highest BCUT2D eigenvalue weighted by atomic mass is 79.9. The molecule has 88 valence electrons. The number of rotatable bonds is 2. The summed E-state index contributed by atoms with van der Waals surface area (Å²) in [5, 5.41) is 0.705. The smallest absolute Gasteiger partial charge is 0.146 e. The lowest BCUT2D eigenvalue weighted by Crippen LogP contribution is -2.41. The van der Waals surface area contributed by atoms with Gasteiger partial charge >= 0.3 is 0 Å². The van der Waals surface area contributed by atoms with E-state index >= 15 is 0 Å². The van der Waals surface area contributed by atoms with Crippen LogP contribution in [-0.2, 0) is 5.33 Å². The van der Waals surface area contributed by atoms with Crippen LogP contribution >= 0.6 is 27.7 Å². The Morgan fingerprint density at radius 1 is 1.56 bits per heavy atom. The second kappa shape index (κ2) is 5.41. The summed E-state index contributed by atoms with van der Waals surface area (Å²) < 4.78 is 13.9. The lowest BCUT2D eigenvalue weighted by atomic mass is 10.1. The van der Waals surface area contributed by atoms with Gasteiger partial charge in [-0.1, -0.05) is 28.1 Å². The first-order chi connectivity index (χ1) is 7.74. The second-order valence-corrected chi connectivity index (χ2v) is 5.71. The normalized spacial score (nSPS) is 21.2. The van der Waals surface area contributed by atoms with Gasteiger partial charge in [0.1, 0.15) is 5.82 Å².